The zero-order valence-corrected chi connectivity index (χ0v) is 17.1. The number of aromatic hydroxyl groups is 1. The minimum absolute atomic E-state index is 0.0695. The van der Waals surface area contributed by atoms with Crippen molar-refractivity contribution in [1.82, 2.24) is 9.97 Å². The quantitative estimate of drug-likeness (QED) is 0.455. The van der Waals surface area contributed by atoms with Gasteiger partial charge in [-0.25, -0.2) is 14.2 Å². The topological polar surface area (TPSA) is 101 Å². The number of rotatable bonds is 5. The fraction of sp³-hybridized carbons (Fsp3) is 0.0909. The van der Waals surface area contributed by atoms with Gasteiger partial charge in [0.2, 0.25) is 0 Å². The van der Waals surface area contributed by atoms with Crippen LogP contribution < -0.4 is 5.32 Å². The number of nitrogens with one attached hydrogen (secondary N) is 1. The number of carbonyl (C=O) groups is 2. The molecule has 7 nitrogen and oxygen atoms in total. The maximum absolute atomic E-state index is 13.2. The zero-order valence-electron chi connectivity index (χ0n) is 16.3. The molecular weight excluding hydrogens is 421 g/mol. The molecule has 0 unspecified atom stereocenters. The lowest BCUT2D eigenvalue weighted by atomic mass is 10.0. The zero-order chi connectivity index (χ0) is 22.0. The molecule has 3 aromatic heterocycles. The van der Waals surface area contributed by atoms with E-state index in [4.69, 9.17) is 0 Å². The van der Waals surface area contributed by atoms with E-state index in [2.05, 4.69) is 20.0 Å². The lowest BCUT2D eigenvalue weighted by molar-refractivity contribution is 0.0590. The van der Waals surface area contributed by atoms with Crippen LogP contribution in [0.1, 0.15) is 31.3 Å². The van der Waals surface area contributed by atoms with Crippen molar-refractivity contribution in [3.05, 3.63) is 81.6 Å². The van der Waals surface area contributed by atoms with Crippen molar-refractivity contribution in [2.45, 2.75) is 6.42 Å². The number of methoxy groups -OCH3 is 1. The molecule has 0 aliphatic carbocycles. The van der Waals surface area contributed by atoms with Crippen LogP contribution in [0.4, 0.5) is 10.2 Å². The van der Waals surface area contributed by atoms with Gasteiger partial charge >= 0.3 is 5.97 Å². The number of carbonyl (C=O) groups excluding carboxylic acids is 2. The summed E-state index contributed by atoms with van der Waals surface area (Å²) in [5.41, 5.74) is 1.35. The summed E-state index contributed by atoms with van der Waals surface area (Å²) in [6, 6.07) is 11.2. The Morgan fingerprint density at radius 3 is 2.65 bits per heavy atom. The van der Waals surface area contributed by atoms with Gasteiger partial charge in [0.25, 0.3) is 5.91 Å². The average Bonchev–Trinajstić information content (AvgIpc) is 3.32. The molecule has 4 rings (SSSR count). The van der Waals surface area contributed by atoms with Crippen LogP contribution in [0, 0.1) is 5.82 Å². The predicted molar refractivity (Wildman–Crippen MR) is 114 cm³/mol. The Labute approximate surface area is 180 Å². The van der Waals surface area contributed by atoms with Gasteiger partial charge in [0, 0.05) is 11.6 Å². The summed E-state index contributed by atoms with van der Waals surface area (Å²) in [7, 11) is 1.16. The highest BCUT2D eigenvalue weighted by Crippen LogP contribution is 2.32. The number of nitrogens with zero attached hydrogens (tertiary/aromatic N) is 2. The fourth-order valence-corrected chi connectivity index (χ4v) is 3.68. The first-order valence-electron chi connectivity index (χ1n) is 9.15. The smallest absolute Gasteiger partial charge is 0.360 e. The molecule has 31 heavy (non-hydrogen) atoms. The van der Waals surface area contributed by atoms with E-state index in [9.17, 15) is 19.1 Å². The minimum atomic E-state index is -0.858. The molecule has 9 heteroatoms. The molecule has 0 atom stereocenters. The van der Waals surface area contributed by atoms with Crippen molar-refractivity contribution in [3.8, 4) is 5.75 Å². The van der Waals surface area contributed by atoms with E-state index in [0.717, 1.165) is 18.2 Å². The lowest BCUT2D eigenvalue weighted by Crippen LogP contribution is -2.15. The first-order valence-corrected chi connectivity index (χ1v) is 10.0. The van der Waals surface area contributed by atoms with Crippen molar-refractivity contribution < 1.29 is 23.8 Å². The highest BCUT2D eigenvalue weighted by molar-refractivity contribution is 7.12. The van der Waals surface area contributed by atoms with Gasteiger partial charge in [-0.3, -0.25) is 9.78 Å². The van der Waals surface area contributed by atoms with Crippen LogP contribution in [0.2, 0.25) is 0 Å². The molecule has 0 bridgehead atoms. The number of anilines is 1. The van der Waals surface area contributed by atoms with Gasteiger partial charge in [0.05, 0.1) is 12.0 Å². The lowest BCUT2D eigenvalue weighted by Gasteiger charge is -2.12. The van der Waals surface area contributed by atoms with E-state index < -0.39 is 17.6 Å². The number of pyridine rings is 2. The van der Waals surface area contributed by atoms with Crippen molar-refractivity contribution in [2.24, 2.45) is 0 Å². The predicted octanol–water partition coefficient (Wildman–Crippen LogP) is 4.17. The molecule has 0 fully saturated rings. The number of amides is 1. The summed E-state index contributed by atoms with van der Waals surface area (Å²) in [5.74, 6) is -1.97. The minimum Gasteiger partial charge on any atom is -0.504 e. The maximum atomic E-state index is 13.2. The number of esters is 1. The van der Waals surface area contributed by atoms with Gasteiger partial charge in [-0.05, 0) is 47.2 Å². The number of halogens is 1. The van der Waals surface area contributed by atoms with Gasteiger partial charge in [-0.2, -0.15) is 0 Å². The first kappa shape index (κ1) is 20.4. The van der Waals surface area contributed by atoms with Gasteiger partial charge < -0.3 is 15.2 Å². The Morgan fingerprint density at radius 1 is 1.19 bits per heavy atom. The number of thiophene rings is 1. The second-order valence-electron chi connectivity index (χ2n) is 6.62. The van der Waals surface area contributed by atoms with Crippen LogP contribution in [0.15, 0.2) is 54.0 Å². The van der Waals surface area contributed by atoms with E-state index >= 15 is 0 Å². The molecule has 0 radical (unpaired) electrons. The molecule has 1 amide bonds. The highest BCUT2D eigenvalue weighted by atomic mass is 32.1. The van der Waals surface area contributed by atoms with E-state index in [-0.39, 0.29) is 22.8 Å². The maximum Gasteiger partial charge on any atom is 0.360 e. The molecule has 3 heterocycles. The highest BCUT2D eigenvalue weighted by Gasteiger charge is 2.22. The van der Waals surface area contributed by atoms with E-state index in [0.29, 0.717) is 16.7 Å². The SMILES string of the molecule is COC(=O)c1nc(NC(=O)c2cccs2)c2cc(Cc3ccc(F)cc3)cnc2c1O. The molecule has 0 saturated carbocycles. The van der Waals surface area contributed by atoms with E-state index in [1.165, 1.54) is 29.7 Å². The van der Waals surface area contributed by atoms with Crippen LogP contribution in [0.25, 0.3) is 10.9 Å². The molecular formula is C22H16FN3O4S. The molecule has 0 saturated heterocycles. The average molecular weight is 437 g/mol. The third-order valence-corrected chi connectivity index (χ3v) is 5.42. The standard InChI is InChI=1S/C22H16FN3O4S/c1-30-22(29)18-19(27)17-15(20(25-18)26-21(28)16-3-2-8-31-16)10-13(11-24-17)9-12-4-6-14(23)7-5-12/h2-8,10-11,27H,9H2,1H3,(H,25,26,28). The van der Waals surface area contributed by atoms with Crippen molar-refractivity contribution >= 4 is 39.9 Å². The van der Waals surface area contributed by atoms with Crippen LogP contribution in [0.3, 0.4) is 0 Å². The Bertz CT molecular complexity index is 1270. The van der Waals surface area contributed by atoms with Crippen LogP contribution in [-0.4, -0.2) is 34.1 Å². The number of hydrogen-bond acceptors (Lipinski definition) is 7. The number of benzene rings is 1. The van der Waals surface area contributed by atoms with Crippen molar-refractivity contribution in [1.29, 1.82) is 0 Å². The van der Waals surface area contributed by atoms with E-state index in [1.54, 1.807) is 35.7 Å². The number of ether oxygens (including phenoxy) is 1. The van der Waals surface area contributed by atoms with Crippen LogP contribution >= 0.6 is 11.3 Å². The summed E-state index contributed by atoms with van der Waals surface area (Å²) in [4.78, 5) is 33.5. The van der Waals surface area contributed by atoms with E-state index in [1.807, 2.05) is 0 Å². The third kappa shape index (κ3) is 4.22. The second kappa shape index (κ2) is 8.49. The summed E-state index contributed by atoms with van der Waals surface area (Å²) in [6.07, 6.45) is 1.98. The molecule has 0 aliphatic heterocycles. The summed E-state index contributed by atoms with van der Waals surface area (Å²) in [5, 5.41) is 15.3. The Hall–Kier alpha value is -3.85. The Morgan fingerprint density at radius 2 is 1.97 bits per heavy atom. The van der Waals surface area contributed by atoms with Crippen molar-refractivity contribution in [2.75, 3.05) is 12.4 Å². The van der Waals surface area contributed by atoms with Gasteiger partial charge in [-0.15, -0.1) is 11.3 Å². The largest absolute Gasteiger partial charge is 0.504 e. The third-order valence-electron chi connectivity index (χ3n) is 4.55. The molecule has 1 aromatic carbocycles. The van der Waals surface area contributed by atoms with Crippen LogP contribution in [-0.2, 0) is 11.2 Å². The molecule has 2 N–H and O–H groups in total. The molecule has 0 aliphatic rings. The molecule has 0 spiro atoms. The molecule has 4 aromatic rings. The Kier molecular flexibility index (Phi) is 5.59. The normalized spacial score (nSPS) is 10.8. The van der Waals surface area contributed by atoms with Crippen molar-refractivity contribution in [3.63, 3.8) is 0 Å². The molecule has 156 valence electrons. The fourth-order valence-electron chi connectivity index (χ4n) is 3.06. The first-order chi connectivity index (χ1) is 15.0. The van der Waals surface area contributed by atoms with Crippen LogP contribution in [0.5, 0.6) is 5.75 Å². The monoisotopic (exact) mass is 437 g/mol. The summed E-state index contributed by atoms with van der Waals surface area (Å²) >= 11 is 1.25. The summed E-state index contributed by atoms with van der Waals surface area (Å²) < 4.78 is 17.9. The number of fused-ring (bicyclic) bond motifs is 1. The second-order valence-corrected chi connectivity index (χ2v) is 7.57. The number of aromatic nitrogens is 2. The van der Waals surface area contributed by atoms with Gasteiger partial charge in [0.15, 0.2) is 11.4 Å². The van der Waals surface area contributed by atoms with Gasteiger partial charge in [0.1, 0.15) is 17.2 Å². The number of hydrogen-bond donors (Lipinski definition) is 2. The Balaban J connectivity index is 1.80. The van der Waals surface area contributed by atoms with Gasteiger partial charge in [-0.1, -0.05) is 18.2 Å². The summed E-state index contributed by atoms with van der Waals surface area (Å²) in [6.45, 7) is 0.